The van der Waals surface area contributed by atoms with E-state index in [1.54, 1.807) is 18.0 Å². The molecule has 1 saturated heterocycles. The highest BCUT2D eigenvalue weighted by atomic mass is 32.2. The van der Waals surface area contributed by atoms with Crippen LogP contribution >= 0.6 is 11.8 Å². The fraction of sp³-hybridized carbons (Fsp3) is 0.545. The molecule has 3 nitrogen and oxygen atoms in total. The molecule has 0 aliphatic carbocycles. The molecular weight excluding hydrogens is 206 g/mol. The summed E-state index contributed by atoms with van der Waals surface area (Å²) < 4.78 is 0. The Kier molecular flexibility index (Phi) is 3.86. The van der Waals surface area contributed by atoms with Crippen LogP contribution in [0.15, 0.2) is 23.4 Å². The molecule has 15 heavy (non-hydrogen) atoms. The summed E-state index contributed by atoms with van der Waals surface area (Å²) in [4.78, 5) is 4.28. The third kappa shape index (κ3) is 3.11. The van der Waals surface area contributed by atoms with Crippen LogP contribution in [0, 0.1) is 5.92 Å². The van der Waals surface area contributed by atoms with Crippen LogP contribution in [0.25, 0.3) is 0 Å². The Balaban J connectivity index is 1.84. The Morgan fingerprint density at radius 2 is 2.53 bits per heavy atom. The van der Waals surface area contributed by atoms with E-state index in [0.717, 1.165) is 28.9 Å². The van der Waals surface area contributed by atoms with Crippen LogP contribution in [-0.2, 0) is 0 Å². The predicted octanol–water partition coefficient (Wildman–Crippen LogP) is 1.76. The van der Waals surface area contributed by atoms with Gasteiger partial charge in [0.15, 0.2) is 0 Å². The smallest absolute Gasteiger partial charge is 0.119 e. The van der Waals surface area contributed by atoms with Gasteiger partial charge in [-0.25, -0.2) is 4.98 Å². The third-order valence-corrected chi connectivity index (χ3v) is 3.91. The van der Waals surface area contributed by atoms with Crippen molar-refractivity contribution in [2.24, 2.45) is 5.92 Å². The Morgan fingerprint density at radius 1 is 1.60 bits per heavy atom. The Labute approximate surface area is 94.8 Å². The first kappa shape index (κ1) is 10.8. The van der Waals surface area contributed by atoms with Gasteiger partial charge in [0.2, 0.25) is 0 Å². The Morgan fingerprint density at radius 3 is 3.27 bits per heavy atom. The molecule has 2 rings (SSSR count). The first-order valence-corrected chi connectivity index (χ1v) is 6.39. The molecule has 4 heteroatoms. The normalized spacial score (nSPS) is 21.5. The molecule has 1 unspecified atom stereocenters. The monoisotopic (exact) mass is 223 g/mol. The maximum atomic E-state index is 5.84. The van der Waals surface area contributed by atoms with Gasteiger partial charge in [0.05, 0.1) is 5.69 Å². The molecule has 0 radical (unpaired) electrons. The van der Waals surface area contributed by atoms with Gasteiger partial charge in [0, 0.05) is 11.9 Å². The summed E-state index contributed by atoms with van der Waals surface area (Å²) in [6, 6.07) is 3.79. The van der Waals surface area contributed by atoms with E-state index in [1.807, 2.05) is 12.1 Å². The number of nitrogen functional groups attached to an aromatic ring is 1. The molecule has 1 aromatic rings. The minimum absolute atomic E-state index is 0.769. The van der Waals surface area contributed by atoms with E-state index in [1.165, 1.54) is 19.4 Å². The number of anilines is 1. The summed E-state index contributed by atoms with van der Waals surface area (Å²) in [5.41, 5.74) is 6.63. The number of nitrogens with one attached hydrogen (secondary N) is 1. The second-order valence-corrected chi connectivity index (χ2v) is 4.93. The molecule has 2 heterocycles. The van der Waals surface area contributed by atoms with Crippen LogP contribution in [0.4, 0.5) is 5.69 Å². The van der Waals surface area contributed by atoms with Gasteiger partial charge in [-0.1, -0.05) is 0 Å². The molecule has 1 aliphatic rings. The number of piperidine rings is 1. The van der Waals surface area contributed by atoms with E-state index < -0.39 is 0 Å². The minimum atomic E-state index is 0.769. The van der Waals surface area contributed by atoms with Crippen LogP contribution in [0.2, 0.25) is 0 Å². The van der Waals surface area contributed by atoms with Gasteiger partial charge in [-0.2, -0.15) is 0 Å². The first-order valence-electron chi connectivity index (χ1n) is 5.40. The van der Waals surface area contributed by atoms with Gasteiger partial charge < -0.3 is 11.1 Å². The number of rotatable bonds is 3. The zero-order valence-electron chi connectivity index (χ0n) is 8.78. The fourth-order valence-corrected chi connectivity index (χ4v) is 2.84. The van der Waals surface area contributed by atoms with Crippen molar-refractivity contribution in [1.82, 2.24) is 10.3 Å². The lowest BCUT2D eigenvalue weighted by Gasteiger charge is -2.22. The van der Waals surface area contributed by atoms with Gasteiger partial charge in [0.25, 0.3) is 0 Å². The van der Waals surface area contributed by atoms with E-state index in [9.17, 15) is 0 Å². The van der Waals surface area contributed by atoms with Gasteiger partial charge >= 0.3 is 0 Å². The van der Waals surface area contributed by atoms with Crippen molar-refractivity contribution in [3.8, 4) is 0 Å². The lowest BCUT2D eigenvalue weighted by Crippen LogP contribution is -2.30. The lowest BCUT2D eigenvalue weighted by atomic mass is 10.0. The molecule has 0 spiro atoms. The summed E-state index contributed by atoms with van der Waals surface area (Å²) in [6.45, 7) is 2.31. The predicted molar refractivity (Wildman–Crippen MR) is 65.0 cm³/mol. The topological polar surface area (TPSA) is 50.9 Å². The largest absolute Gasteiger partial charge is 0.397 e. The molecule has 1 aromatic heterocycles. The van der Waals surface area contributed by atoms with Crippen molar-refractivity contribution in [1.29, 1.82) is 0 Å². The summed E-state index contributed by atoms with van der Waals surface area (Å²) in [6.07, 6.45) is 4.42. The zero-order chi connectivity index (χ0) is 10.5. The van der Waals surface area contributed by atoms with Gasteiger partial charge in [-0.3, -0.25) is 0 Å². The number of hydrogen-bond donors (Lipinski definition) is 2. The van der Waals surface area contributed by atoms with Crippen LogP contribution in [0.1, 0.15) is 12.8 Å². The van der Waals surface area contributed by atoms with Crippen molar-refractivity contribution < 1.29 is 0 Å². The van der Waals surface area contributed by atoms with Crippen LogP contribution in [0.3, 0.4) is 0 Å². The molecule has 82 valence electrons. The quantitative estimate of drug-likeness (QED) is 0.767. The highest BCUT2D eigenvalue weighted by molar-refractivity contribution is 7.99. The molecule has 0 bridgehead atoms. The average Bonchev–Trinajstić information content (AvgIpc) is 2.29. The third-order valence-electron chi connectivity index (χ3n) is 2.66. The maximum absolute atomic E-state index is 5.84. The van der Waals surface area contributed by atoms with Gasteiger partial charge in [-0.05, 0) is 44.0 Å². The maximum Gasteiger partial charge on any atom is 0.119 e. The lowest BCUT2D eigenvalue weighted by molar-refractivity contribution is 0.410. The van der Waals surface area contributed by atoms with E-state index in [-0.39, 0.29) is 0 Å². The SMILES string of the molecule is Nc1cccnc1SCC1CCCNC1. The number of hydrogen-bond acceptors (Lipinski definition) is 4. The zero-order valence-corrected chi connectivity index (χ0v) is 9.59. The second kappa shape index (κ2) is 5.37. The molecular formula is C11H17N3S. The Bertz CT molecular complexity index is 310. The number of nitrogens with two attached hydrogens (primary N) is 1. The highest BCUT2D eigenvalue weighted by Crippen LogP contribution is 2.25. The summed E-state index contributed by atoms with van der Waals surface area (Å²) in [7, 11) is 0. The molecule has 0 saturated carbocycles. The van der Waals surface area contributed by atoms with Crippen LogP contribution < -0.4 is 11.1 Å². The molecule has 1 aliphatic heterocycles. The highest BCUT2D eigenvalue weighted by Gasteiger charge is 2.13. The number of nitrogens with zero attached hydrogens (tertiary/aromatic N) is 1. The summed E-state index contributed by atoms with van der Waals surface area (Å²) in [5.74, 6) is 1.89. The van der Waals surface area contributed by atoms with E-state index >= 15 is 0 Å². The minimum Gasteiger partial charge on any atom is -0.397 e. The summed E-state index contributed by atoms with van der Waals surface area (Å²) >= 11 is 1.78. The molecule has 3 N–H and O–H groups in total. The van der Waals surface area contributed by atoms with Crippen molar-refractivity contribution in [2.75, 3.05) is 24.6 Å². The average molecular weight is 223 g/mol. The van der Waals surface area contributed by atoms with E-state index in [0.29, 0.717) is 0 Å². The number of thioether (sulfide) groups is 1. The number of aromatic nitrogens is 1. The molecule has 0 aromatic carbocycles. The fourth-order valence-electron chi connectivity index (χ4n) is 1.79. The van der Waals surface area contributed by atoms with Crippen LogP contribution in [0.5, 0.6) is 0 Å². The summed E-state index contributed by atoms with van der Waals surface area (Å²) in [5, 5.41) is 4.40. The van der Waals surface area contributed by atoms with E-state index in [2.05, 4.69) is 10.3 Å². The van der Waals surface area contributed by atoms with Gasteiger partial charge in [0.1, 0.15) is 5.03 Å². The van der Waals surface area contributed by atoms with Crippen molar-refractivity contribution in [3.05, 3.63) is 18.3 Å². The van der Waals surface area contributed by atoms with Crippen LogP contribution in [-0.4, -0.2) is 23.8 Å². The van der Waals surface area contributed by atoms with Crippen molar-refractivity contribution >= 4 is 17.4 Å². The second-order valence-electron chi connectivity index (χ2n) is 3.92. The van der Waals surface area contributed by atoms with Gasteiger partial charge in [-0.15, -0.1) is 11.8 Å². The standard InChI is InChI=1S/C11H17N3S/c12-10-4-2-6-14-11(10)15-8-9-3-1-5-13-7-9/h2,4,6,9,13H,1,3,5,7-8,12H2. The van der Waals surface area contributed by atoms with Crippen molar-refractivity contribution in [3.63, 3.8) is 0 Å². The van der Waals surface area contributed by atoms with E-state index in [4.69, 9.17) is 5.73 Å². The van der Waals surface area contributed by atoms with Crippen molar-refractivity contribution in [2.45, 2.75) is 17.9 Å². The molecule has 0 amide bonds. The molecule has 1 fully saturated rings. The first-order chi connectivity index (χ1) is 7.36. The molecule has 1 atom stereocenters. The Hall–Kier alpha value is -0.740. The number of pyridine rings is 1.